The van der Waals surface area contributed by atoms with E-state index in [4.69, 9.17) is 24.8 Å². The Labute approximate surface area is 268 Å². The molecule has 0 aliphatic rings. The first kappa shape index (κ1) is 43.0. The highest BCUT2D eigenvalue weighted by atomic mass is 31.2. The molecule has 10 nitrogen and oxygen atoms in total. The van der Waals surface area contributed by atoms with E-state index in [1.807, 2.05) is 0 Å². The Morgan fingerprint density at radius 3 is 1.50 bits per heavy atom. The molecule has 0 radical (unpaired) electrons. The number of esters is 1. The van der Waals surface area contributed by atoms with Crippen LogP contribution in [0.4, 0.5) is 0 Å². The first-order chi connectivity index (χ1) is 21.2. The minimum Gasteiger partial charge on any atom is -0.480 e. The molecule has 0 aromatic carbocycles. The van der Waals surface area contributed by atoms with E-state index in [1.165, 1.54) is 103 Å². The van der Waals surface area contributed by atoms with Crippen molar-refractivity contribution < 1.29 is 42.7 Å². The topological polar surface area (TPSA) is 155 Å². The van der Waals surface area contributed by atoms with Crippen molar-refractivity contribution in [2.45, 2.75) is 174 Å². The zero-order chi connectivity index (χ0) is 32.7. The maximum Gasteiger partial charge on any atom is 0.472 e. The van der Waals surface area contributed by atoms with Gasteiger partial charge in [-0.15, -0.1) is 0 Å². The maximum atomic E-state index is 12.5. The third-order valence-corrected chi connectivity index (χ3v) is 8.59. The van der Waals surface area contributed by atoms with Gasteiger partial charge < -0.3 is 25.2 Å². The van der Waals surface area contributed by atoms with Crippen LogP contribution in [0.2, 0.25) is 0 Å². The van der Waals surface area contributed by atoms with E-state index in [2.05, 4.69) is 18.4 Å². The Morgan fingerprint density at radius 2 is 1.05 bits per heavy atom. The average Bonchev–Trinajstić information content (AvgIpc) is 2.99. The van der Waals surface area contributed by atoms with Gasteiger partial charge >= 0.3 is 19.8 Å². The quantitative estimate of drug-likeness (QED) is 0.0350. The van der Waals surface area contributed by atoms with Crippen molar-refractivity contribution in [2.75, 3.05) is 26.4 Å². The number of hydrogen-bond donors (Lipinski definition) is 3. The molecule has 11 heteroatoms. The van der Waals surface area contributed by atoms with Crippen LogP contribution in [0.1, 0.15) is 162 Å². The van der Waals surface area contributed by atoms with Crippen LogP contribution >= 0.6 is 7.82 Å². The fourth-order valence-electron chi connectivity index (χ4n) is 4.84. The molecule has 44 heavy (non-hydrogen) atoms. The number of carbonyl (C=O) groups excluding carboxylic acids is 1. The molecule has 0 heterocycles. The summed E-state index contributed by atoms with van der Waals surface area (Å²) in [5, 5.41) is 8.83. The minimum absolute atomic E-state index is 0.0242. The van der Waals surface area contributed by atoms with Crippen molar-refractivity contribution in [3.63, 3.8) is 0 Å². The minimum atomic E-state index is -4.59. The van der Waals surface area contributed by atoms with Crippen LogP contribution in [0.15, 0.2) is 0 Å². The van der Waals surface area contributed by atoms with Crippen molar-refractivity contribution in [1.29, 1.82) is 0 Å². The molecular formula is C33H66NO9P. The lowest BCUT2D eigenvalue weighted by molar-refractivity contribution is -0.154. The van der Waals surface area contributed by atoms with Gasteiger partial charge in [0.1, 0.15) is 12.1 Å². The molecule has 262 valence electrons. The lowest BCUT2D eigenvalue weighted by Crippen LogP contribution is -2.34. The van der Waals surface area contributed by atoms with E-state index in [1.54, 1.807) is 0 Å². The van der Waals surface area contributed by atoms with E-state index in [9.17, 15) is 19.0 Å². The second-order valence-corrected chi connectivity index (χ2v) is 13.5. The van der Waals surface area contributed by atoms with E-state index in [0.717, 1.165) is 38.5 Å². The van der Waals surface area contributed by atoms with E-state index in [0.29, 0.717) is 6.61 Å². The lowest BCUT2D eigenvalue weighted by Gasteiger charge is -2.20. The number of phosphoric ester groups is 1. The standard InChI is InChI=1S/C33H66NO9P/c1-3-5-7-9-11-13-15-17-19-21-23-25-32(35)43-30(28-41-44(38,39)42-29-31(34)33(36)37)27-40-26-24-22-20-18-16-14-12-10-8-6-4-2/h30-31H,3-29,34H2,1-2H3,(H,36,37)(H,38,39). The van der Waals surface area contributed by atoms with Gasteiger partial charge in [0.2, 0.25) is 0 Å². The molecule has 0 spiro atoms. The molecule has 0 rings (SSSR count). The van der Waals surface area contributed by atoms with Crippen molar-refractivity contribution in [1.82, 2.24) is 0 Å². The number of aliphatic carboxylic acids is 1. The highest BCUT2D eigenvalue weighted by Crippen LogP contribution is 2.43. The van der Waals surface area contributed by atoms with Crippen LogP contribution in [0, 0.1) is 0 Å². The summed E-state index contributed by atoms with van der Waals surface area (Å²) < 4.78 is 33.1. The van der Waals surface area contributed by atoms with Gasteiger partial charge in [-0.05, 0) is 12.8 Å². The van der Waals surface area contributed by atoms with Crippen molar-refractivity contribution in [3.05, 3.63) is 0 Å². The Kier molecular flexibility index (Phi) is 29.9. The van der Waals surface area contributed by atoms with Gasteiger partial charge in [-0.2, -0.15) is 0 Å². The summed E-state index contributed by atoms with van der Waals surface area (Å²) in [4.78, 5) is 33.2. The maximum absolute atomic E-state index is 12.5. The van der Waals surface area contributed by atoms with Crippen LogP contribution in [0.25, 0.3) is 0 Å². The van der Waals surface area contributed by atoms with Gasteiger partial charge in [0.05, 0.1) is 19.8 Å². The summed E-state index contributed by atoms with van der Waals surface area (Å²) in [5.41, 5.74) is 5.32. The average molecular weight is 652 g/mol. The molecule has 0 saturated heterocycles. The first-order valence-corrected chi connectivity index (χ1v) is 19.1. The highest BCUT2D eigenvalue weighted by molar-refractivity contribution is 7.47. The van der Waals surface area contributed by atoms with Gasteiger partial charge in [-0.3, -0.25) is 18.6 Å². The summed E-state index contributed by atoms with van der Waals surface area (Å²) in [6, 6.07) is -1.47. The zero-order valence-corrected chi connectivity index (χ0v) is 28.9. The molecule has 0 aliphatic carbocycles. The number of phosphoric acid groups is 1. The fraction of sp³-hybridized carbons (Fsp3) is 0.939. The largest absolute Gasteiger partial charge is 0.480 e. The molecule has 3 atom stereocenters. The summed E-state index contributed by atoms with van der Waals surface area (Å²) in [7, 11) is -4.59. The number of carboxylic acids is 1. The molecular weight excluding hydrogens is 585 g/mol. The summed E-state index contributed by atoms with van der Waals surface area (Å²) >= 11 is 0. The zero-order valence-electron chi connectivity index (χ0n) is 28.0. The Balaban J connectivity index is 4.33. The third kappa shape index (κ3) is 29.7. The van der Waals surface area contributed by atoms with Crippen molar-refractivity contribution >= 4 is 19.8 Å². The Morgan fingerprint density at radius 1 is 0.636 bits per heavy atom. The predicted octanol–water partition coefficient (Wildman–Crippen LogP) is 8.47. The fourth-order valence-corrected chi connectivity index (χ4v) is 5.62. The normalized spacial score (nSPS) is 14.3. The third-order valence-electron chi connectivity index (χ3n) is 7.64. The highest BCUT2D eigenvalue weighted by Gasteiger charge is 2.27. The lowest BCUT2D eigenvalue weighted by atomic mass is 10.1. The summed E-state index contributed by atoms with van der Waals surface area (Å²) in [6.45, 7) is 3.86. The van der Waals surface area contributed by atoms with Crippen LogP contribution in [0.5, 0.6) is 0 Å². The molecule has 0 fully saturated rings. The van der Waals surface area contributed by atoms with E-state index < -0.39 is 45.1 Å². The van der Waals surface area contributed by atoms with Crippen LogP contribution < -0.4 is 5.73 Å². The number of rotatable bonds is 34. The summed E-state index contributed by atoms with van der Waals surface area (Å²) in [6.07, 6.45) is 25.8. The molecule has 0 aromatic heterocycles. The predicted molar refractivity (Wildman–Crippen MR) is 176 cm³/mol. The van der Waals surface area contributed by atoms with Gasteiger partial charge in [0.25, 0.3) is 0 Å². The number of hydrogen-bond acceptors (Lipinski definition) is 8. The van der Waals surface area contributed by atoms with Crippen LogP contribution in [-0.2, 0) is 32.7 Å². The second kappa shape index (κ2) is 30.6. The summed E-state index contributed by atoms with van der Waals surface area (Å²) in [5.74, 6) is -1.77. The molecule has 3 unspecified atom stereocenters. The van der Waals surface area contributed by atoms with Crippen LogP contribution in [0.3, 0.4) is 0 Å². The van der Waals surface area contributed by atoms with Crippen molar-refractivity contribution in [2.24, 2.45) is 5.73 Å². The number of unbranched alkanes of at least 4 members (excludes halogenated alkanes) is 20. The van der Waals surface area contributed by atoms with Gasteiger partial charge in [-0.1, -0.05) is 142 Å². The van der Waals surface area contributed by atoms with Crippen LogP contribution in [-0.4, -0.2) is 60.5 Å². The number of nitrogens with two attached hydrogens (primary N) is 1. The second-order valence-electron chi connectivity index (χ2n) is 12.0. The molecule has 4 N–H and O–H groups in total. The van der Waals surface area contributed by atoms with Gasteiger partial charge in [0, 0.05) is 13.0 Å². The van der Waals surface area contributed by atoms with E-state index in [-0.39, 0.29) is 13.0 Å². The first-order valence-electron chi connectivity index (χ1n) is 17.6. The van der Waals surface area contributed by atoms with E-state index >= 15 is 0 Å². The number of carbonyl (C=O) groups is 2. The molecule has 0 amide bonds. The molecule has 0 aromatic rings. The van der Waals surface area contributed by atoms with Gasteiger partial charge in [-0.25, -0.2) is 4.57 Å². The SMILES string of the molecule is CCCCCCCCCCCCCOCC(COP(=O)(O)OCC(N)C(=O)O)OC(=O)CCCCCCCCCCCCC. The van der Waals surface area contributed by atoms with Gasteiger partial charge in [0.15, 0.2) is 0 Å². The smallest absolute Gasteiger partial charge is 0.472 e. The number of carboxylic acid groups (broad SMARTS) is 1. The Hall–Kier alpha value is -1.03. The molecule has 0 aliphatic heterocycles. The monoisotopic (exact) mass is 651 g/mol. The molecule has 0 saturated carbocycles. The molecule has 0 bridgehead atoms. The van der Waals surface area contributed by atoms with Crippen molar-refractivity contribution in [3.8, 4) is 0 Å². The Bertz CT molecular complexity index is 725. The number of ether oxygens (including phenoxy) is 2.